The lowest BCUT2D eigenvalue weighted by Crippen LogP contribution is -2.35. The Morgan fingerprint density at radius 3 is 2.37 bits per heavy atom. The largest absolute Gasteiger partial charge is 0.313 e. The van der Waals surface area contributed by atoms with Gasteiger partial charge in [0.15, 0.2) is 0 Å². The van der Waals surface area contributed by atoms with E-state index in [-0.39, 0.29) is 5.75 Å². The van der Waals surface area contributed by atoms with E-state index in [1.165, 1.54) is 4.31 Å². The van der Waals surface area contributed by atoms with Crippen LogP contribution < -0.4 is 5.32 Å². The third-order valence-electron chi connectivity index (χ3n) is 2.71. The molecule has 1 aromatic carbocycles. The van der Waals surface area contributed by atoms with E-state index in [1.54, 1.807) is 7.05 Å². The van der Waals surface area contributed by atoms with E-state index in [2.05, 4.69) is 21.2 Å². The Bertz CT molecular complexity index is 486. The number of benzene rings is 1. The van der Waals surface area contributed by atoms with Gasteiger partial charge in [-0.2, -0.15) is 0 Å². The van der Waals surface area contributed by atoms with Gasteiger partial charge >= 0.3 is 0 Å². The van der Waals surface area contributed by atoms with Crippen LogP contribution in [0.3, 0.4) is 0 Å². The number of hydrogen-bond donors (Lipinski definition) is 1. The summed E-state index contributed by atoms with van der Waals surface area (Å²) in [5.74, 6) is 0.123. The van der Waals surface area contributed by atoms with E-state index < -0.39 is 10.0 Å². The van der Waals surface area contributed by atoms with Gasteiger partial charge in [-0.3, -0.25) is 0 Å². The molecule has 0 amide bonds. The highest BCUT2D eigenvalue weighted by Gasteiger charge is 2.17. The number of rotatable bonds is 7. The summed E-state index contributed by atoms with van der Waals surface area (Å²) >= 11 is 3.36. The van der Waals surface area contributed by atoms with E-state index in [0.717, 1.165) is 10.0 Å². The molecule has 6 heteroatoms. The van der Waals surface area contributed by atoms with Gasteiger partial charge in [0.25, 0.3) is 0 Å². The van der Waals surface area contributed by atoms with Crippen molar-refractivity contribution in [2.24, 2.45) is 0 Å². The van der Waals surface area contributed by atoms with Crippen LogP contribution in [0.4, 0.5) is 0 Å². The summed E-state index contributed by atoms with van der Waals surface area (Å²) < 4.78 is 26.5. The molecule has 0 aliphatic carbocycles. The molecule has 0 spiro atoms. The molecule has 108 valence electrons. The maximum absolute atomic E-state index is 12.1. The summed E-state index contributed by atoms with van der Waals surface area (Å²) in [5, 5.41) is 3.12. The van der Waals surface area contributed by atoms with Crippen molar-refractivity contribution in [2.75, 3.05) is 19.3 Å². The van der Waals surface area contributed by atoms with Crippen molar-refractivity contribution in [3.8, 4) is 0 Å². The molecule has 1 N–H and O–H groups in total. The topological polar surface area (TPSA) is 49.4 Å². The second-order valence-electron chi connectivity index (χ2n) is 4.81. The highest BCUT2D eigenvalue weighted by molar-refractivity contribution is 9.10. The standard InChI is InChI=1S/C13H21BrN2O2S/c1-11(2)15-8-9-19(17,18)16(3)10-12-4-6-13(14)7-5-12/h4-7,11,15H,8-10H2,1-3H3. The van der Waals surface area contributed by atoms with Crippen LogP contribution in [-0.4, -0.2) is 38.1 Å². The molecule has 0 unspecified atom stereocenters. The highest BCUT2D eigenvalue weighted by Crippen LogP contribution is 2.13. The van der Waals surface area contributed by atoms with Crippen LogP contribution in [0.15, 0.2) is 28.7 Å². The lowest BCUT2D eigenvalue weighted by Gasteiger charge is -2.18. The summed E-state index contributed by atoms with van der Waals surface area (Å²) in [4.78, 5) is 0. The van der Waals surface area contributed by atoms with Gasteiger partial charge in [0, 0.05) is 30.7 Å². The maximum atomic E-state index is 12.1. The van der Waals surface area contributed by atoms with Crippen molar-refractivity contribution in [3.05, 3.63) is 34.3 Å². The Morgan fingerprint density at radius 2 is 1.84 bits per heavy atom. The summed E-state index contributed by atoms with van der Waals surface area (Å²) in [6.07, 6.45) is 0. The van der Waals surface area contributed by atoms with Crippen molar-refractivity contribution < 1.29 is 8.42 Å². The first-order chi connectivity index (χ1) is 8.81. The van der Waals surface area contributed by atoms with Gasteiger partial charge in [0.05, 0.1) is 5.75 Å². The van der Waals surface area contributed by atoms with Gasteiger partial charge < -0.3 is 5.32 Å². The van der Waals surface area contributed by atoms with Crippen LogP contribution in [-0.2, 0) is 16.6 Å². The fraction of sp³-hybridized carbons (Fsp3) is 0.538. The van der Waals surface area contributed by atoms with Crippen molar-refractivity contribution >= 4 is 26.0 Å². The van der Waals surface area contributed by atoms with Crippen molar-refractivity contribution in [3.63, 3.8) is 0 Å². The fourth-order valence-electron chi connectivity index (χ4n) is 1.58. The third-order valence-corrected chi connectivity index (χ3v) is 5.03. The van der Waals surface area contributed by atoms with Crippen LogP contribution in [0.25, 0.3) is 0 Å². The molecule has 0 aromatic heterocycles. The molecule has 1 rings (SSSR count). The SMILES string of the molecule is CC(C)NCCS(=O)(=O)N(C)Cc1ccc(Br)cc1. The van der Waals surface area contributed by atoms with E-state index >= 15 is 0 Å². The number of halogens is 1. The van der Waals surface area contributed by atoms with Crippen molar-refractivity contribution in [1.29, 1.82) is 0 Å². The molecule has 0 fully saturated rings. The van der Waals surface area contributed by atoms with Crippen LogP contribution in [0.1, 0.15) is 19.4 Å². The molecule has 19 heavy (non-hydrogen) atoms. The monoisotopic (exact) mass is 348 g/mol. The molecule has 0 saturated carbocycles. The summed E-state index contributed by atoms with van der Waals surface area (Å²) in [6.45, 7) is 4.87. The molecule has 0 heterocycles. The van der Waals surface area contributed by atoms with Crippen molar-refractivity contribution in [2.45, 2.75) is 26.4 Å². The third kappa shape index (κ3) is 6.03. The Kier molecular flexibility index (Phi) is 6.46. The lowest BCUT2D eigenvalue weighted by atomic mass is 10.2. The molecule has 0 atom stereocenters. The minimum atomic E-state index is -3.21. The van der Waals surface area contributed by atoms with E-state index in [1.807, 2.05) is 38.1 Å². The van der Waals surface area contributed by atoms with Gasteiger partial charge in [-0.05, 0) is 17.7 Å². The normalized spacial score (nSPS) is 12.3. The van der Waals surface area contributed by atoms with Gasteiger partial charge in [-0.25, -0.2) is 12.7 Å². The van der Waals surface area contributed by atoms with Gasteiger partial charge in [-0.15, -0.1) is 0 Å². The van der Waals surface area contributed by atoms with Crippen LogP contribution >= 0.6 is 15.9 Å². The zero-order chi connectivity index (χ0) is 14.5. The molecule has 0 aliphatic rings. The molecule has 0 radical (unpaired) electrons. The predicted molar refractivity (Wildman–Crippen MR) is 82.5 cm³/mol. The minimum absolute atomic E-state index is 0.123. The van der Waals surface area contributed by atoms with Gasteiger partial charge in [-0.1, -0.05) is 41.9 Å². The second-order valence-corrected chi connectivity index (χ2v) is 7.92. The van der Waals surface area contributed by atoms with Gasteiger partial charge in [0.1, 0.15) is 0 Å². The quantitative estimate of drug-likeness (QED) is 0.821. The average molecular weight is 349 g/mol. The summed E-state index contributed by atoms with van der Waals surface area (Å²) in [7, 11) is -1.59. The molecule has 0 saturated heterocycles. The Labute approximate surface area is 124 Å². The molecule has 4 nitrogen and oxygen atoms in total. The number of sulfonamides is 1. The zero-order valence-electron chi connectivity index (χ0n) is 11.6. The predicted octanol–water partition coefficient (Wildman–Crippen LogP) is 2.21. The molecular weight excluding hydrogens is 328 g/mol. The van der Waals surface area contributed by atoms with Crippen LogP contribution in [0.5, 0.6) is 0 Å². The van der Waals surface area contributed by atoms with E-state index in [0.29, 0.717) is 19.1 Å². The number of nitrogens with one attached hydrogen (secondary N) is 1. The van der Waals surface area contributed by atoms with Gasteiger partial charge in [0.2, 0.25) is 10.0 Å². The molecular formula is C13H21BrN2O2S. The molecule has 0 aliphatic heterocycles. The Morgan fingerprint density at radius 1 is 1.26 bits per heavy atom. The highest BCUT2D eigenvalue weighted by atomic mass is 79.9. The average Bonchev–Trinajstić information content (AvgIpc) is 2.31. The molecule has 1 aromatic rings. The fourth-order valence-corrected chi connectivity index (χ4v) is 2.88. The molecule has 0 bridgehead atoms. The zero-order valence-corrected chi connectivity index (χ0v) is 14.0. The van der Waals surface area contributed by atoms with Crippen LogP contribution in [0.2, 0.25) is 0 Å². The number of nitrogens with zero attached hydrogens (tertiary/aromatic N) is 1. The number of hydrogen-bond acceptors (Lipinski definition) is 3. The summed E-state index contributed by atoms with van der Waals surface area (Å²) in [5.41, 5.74) is 0.978. The summed E-state index contributed by atoms with van der Waals surface area (Å²) in [6, 6.07) is 7.96. The Hall–Kier alpha value is -0.430. The maximum Gasteiger partial charge on any atom is 0.215 e. The minimum Gasteiger partial charge on any atom is -0.313 e. The first-order valence-electron chi connectivity index (χ1n) is 6.23. The lowest BCUT2D eigenvalue weighted by molar-refractivity contribution is 0.463. The Balaban J connectivity index is 2.55. The van der Waals surface area contributed by atoms with Crippen molar-refractivity contribution in [1.82, 2.24) is 9.62 Å². The van der Waals surface area contributed by atoms with Crippen LogP contribution in [0, 0.1) is 0 Å². The first-order valence-corrected chi connectivity index (χ1v) is 8.63. The second kappa shape index (κ2) is 7.38. The first kappa shape index (κ1) is 16.6. The van der Waals surface area contributed by atoms with E-state index in [4.69, 9.17) is 0 Å². The smallest absolute Gasteiger partial charge is 0.215 e. The van der Waals surface area contributed by atoms with E-state index in [9.17, 15) is 8.42 Å².